The van der Waals surface area contributed by atoms with Gasteiger partial charge in [0.1, 0.15) is 5.75 Å². The second kappa shape index (κ2) is 10.5. The van der Waals surface area contributed by atoms with Gasteiger partial charge in [0.15, 0.2) is 0 Å². The average Bonchev–Trinajstić information content (AvgIpc) is 3.07. The highest BCUT2D eigenvalue weighted by atomic mass is 32.1. The number of aryl methyl sites for hydroxylation is 3. The lowest BCUT2D eigenvalue weighted by Crippen LogP contribution is -2.41. The summed E-state index contributed by atoms with van der Waals surface area (Å²) in [6.45, 7) is 4.34. The first-order valence-electron chi connectivity index (χ1n) is 9.39. The van der Waals surface area contributed by atoms with Crippen LogP contribution >= 0.6 is 19.2 Å². The number of ether oxygens (including phenoxy) is 1. The summed E-state index contributed by atoms with van der Waals surface area (Å²) in [5.41, 5.74) is 6.52. The lowest BCUT2D eigenvalue weighted by Gasteiger charge is -2.24. The molecule has 0 bridgehead atoms. The normalized spacial score (nSPS) is 14.0. The monoisotopic (exact) mass is 427 g/mol. The molecule has 0 spiro atoms. The van der Waals surface area contributed by atoms with Gasteiger partial charge in [-0.1, -0.05) is 17.7 Å². The molecule has 0 aliphatic rings. The fourth-order valence-corrected chi connectivity index (χ4v) is 4.15. The molecule has 8 heteroatoms. The van der Waals surface area contributed by atoms with Crippen LogP contribution in [0.1, 0.15) is 41.5 Å². The van der Waals surface area contributed by atoms with E-state index in [1.54, 1.807) is 18.3 Å². The van der Waals surface area contributed by atoms with E-state index >= 15 is 0 Å². The summed E-state index contributed by atoms with van der Waals surface area (Å²) < 4.78 is 21.1. The summed E-state index contributed by atoms with van der Waals surface area (Å²) in [6.07, 6.45) is 4.44. The van der Waals surface area contributed by atoms with Crippen molar-refractivity contribution in [1.29, 1.82) is 0 Å². The Morgan fingerprint density at radius 2 is 1.71 bits per heavy atom. The molecule has 1 atom stereocenters. The Labute approximate surface area is 170 Å². The standard InChI is InChI=1S/C20H30NO5PS/c1-16-6-8-17(9-7-16)25-14-4-3-5-18-10-11-19(28-18)12-13-20(2,21)15-26-27(22,23)24/h6-11H,3-5,12-15,21H2,1-2H3,(H2,22,23,24). The van der Waals surface area contributed by atoms with Crippen LogP contribution in [0.25, 0.3) is 0 Å². The van der Waals surface area contributed by atoms with Gasteiger partial charge in [0.05, 0.1) is 13.2 Å². The molecular weight excluding hydrogens is 397 g/mol. The first-order chi connectivity index (χ1) is 13.1. The van der Waals surface area contributed by atoms with E-state index in [-0.39, 0.29) is 6.61 Å². The maximum Gasteiger partial charge on any atom is 0.469 e. The highest BCUT2D eigenvalue weighted by Crippen LogP contribution is 2.37. The zero-order valence-corrected chi connectivity index (χ0v) is 18.2. The summed E-state index contributed by atoms with van der Waals surface area (Å²) >= 11 is 1.76. The third-order valence-electron chi connectivity index (χ3n) is 4.33. The van der Waals surface area contributed by atoms with Crippen LogP contribution in [0.15, 0.2) is 36.4 Å². The largest absolute Gasteiger partial charge is 0.494 e. The highest BCUT2D eigenvalue weighted by molar-refractivity contribution is 7.46. The number of phosphoric ester groups is 1. The quantitative estimate of drug-likeness (QED) is 0.346. The SMILES string of the molecule is Cc1ccc(OCCCCc2ccc(CCC(C)(N)COP(=O)(O)O)s2)cc1. The summed E-state index contributed by atoms with van der Waals surface area (Å²) in [5, 5.41) is 0. The summed E-state index contributed by atoms with van der Waals surface area (Å²) in [4.78, 5) is 20.1. The molecule has 2 aromatic rings. The van der Waals surface area contributed by atoms with E-state index in [0.717, 1.165) is 31.4 Å². The topological polar surface area (TPSA) is 102 Å². The maximum absolute atomic E-state index is 10.8. The van der Waals surface area contributed by atoms with Crippen LogP contribution in [-0.4, -0.2) is 28.5 Å². The van der Waals surface area contributed by atoms with Crippen LogP contribution in [-0.2, 0) is 21.9 Å². The summed E-state index contributed by atoms with van der Waals surface area (Å²) in [7, 11) is -4.48. The van der Waals surface area contributed by atoms with Crippen LogP contribution in [0.3, 0.4) is 0 Å². The third-order valence-corrected chi connectivity index (χ3v) is 6.00. The van der Waals surface area contributed by atoms with E-state index in [4.69, 9.17) is 20.3 Å². The minimum atomic E-state index is -4.48. The lowest BCUT2D eigenvalue weighted by atomic mass is 9.98. The van der Waals surface area contributed by atoms with E-state index in [1.807, 2.05) is 24.3 Å². The number of phosphoric acid groups is 1. The Morgan fingerprint density at radius 1 is 1.07 bits per heavy atom. The molecule has 156 valence electrons. The smallest absolute Gasteiger partial charge is 0.469 e. The van der Waals surface area contributed by atoms with Crippen molar-refractivity contribution in [3.8, 4) is 5.75 Å². The minimum absolute atomic E-state index is 0.170. The minimum Gasteiger partial charge on any atom is -0.494 e. The van der Waals surface area contributed by atoms with Gasteiger partial charge in [-0.2, -0.15) is 0 Å². The van der Waals surface area contributed by atoms with Gasteiger partial charge in [-0.25, -0.2) is 4.57 Å². The fraction of sp³-hybridized carbons (Fsp3) is 0.500. The molecule has 6 nitrogen and oxygen atoms in total. The molecule has 2 rings (SSSR count). The Morgan fingerprint density at radius 3 is 2.36 bits per heavy atom. The molecule has 1 aromatic carbocycles. The molecule has 1 unspecified atom stereocenters. The number of hydrogen-bond acceptors (Lipinski definition) is 5. The van der Waals surface area contributed by atoms with E-state index < -0.39 is 13.4 Å². The molecule has 1 heterocycles. The Hall–Kier alpha value is -1.21. The number of hydrogen-bond donors (Lipinski definition) is 3. The van der Waals surface area contributed by atoms with Gasteiger partial charge in [-0.3, -0.25) is 4.52 Å². The zero-order chi connectivity index (χ0) is 20.6. The second-order valence-electron chi connectivity index (χ2n) is 7.40. The van der Waals surface area contributed by atoms with Gasteiger partial charge >= 0.3 is 7.82 Å². The van der Waals surface area contributed by atoms with Crippen LogP contribution in [0.2, 0.25) is 0 Å². The fourth-order valence-electron chi connectivity index (χ4n) is 2.63. The van der Waals surface area contributed by atoms with Crippen LogP contribution in [0.5, 0.6) is 5.75 Å². The number of thiophene rings is 1. The van der Waals surface area contributed by atoms with Gasteiger partial charge < -0.3 is 20.3 Å². The molecule has 0 saturated heterocycles. The van der Waals surface area contributed by atoms with E-state index in [9.17, 15) is 4.57 Å². The van der Waals surface area contributed by atoms with Gasteiger partial charge in [-0.15, -0.1) is 11.3 Å². The van der Waals surface area contributed by atoms with Crippen molar-refractivity contribution in [2.45, 2.75) is 51.5 Å². The molecule has 4 N–H and O–H groups in total. The average molecular weight is 428 g/mol. The number of nitrogens with two attached hydrogens (primary N) is 1. The van der Waals surface area contributed by atoms with Gasteiger partial charge in [0, 0.05) is 15.3 Å². The highest BCUT2D eigenvalue weighted by Gasteiger charge is 2.24. The van der Waals surface area contributed by atoms with Crippen LogP contribution in [0.4, 0.5) is 0 Å². The van der Waals surface area contributed by atoms with Crippen molar-refractivity contribution >= 4 is 19.2 Å². The Balaban J connectivity index is 1.65. The number of rotatable bonds is 12. The van der Waals surface area contributed by atoms with Crippen molar-refractivity contribution < 1.29 is 23.6 Å². The van der Waals surface area contributed by atoms with Crippen molar-refractivity contribution in [1.82, 2.24) is 0 Å². The van der Waals surface area contributed by atoms with E-state index in [0.29, 0.717) is 13.0 Å². The Bertz CT molecular complexity index is 769. The molecular formula is C20H30NO5PS. The maximum atomic E-state index is 10.8. The summed E-state index contributed by atoms with van der Waals surface area (Å²) in [5.74, 6) is 0.913. The predicted octanol–water partition coefficient (Wildman–Crippen LogP) is 4.22. The van der Waals surface area contributed by atoms with Gasteiger partial charge in [0.2, 0.25) is 0 Å². The summed E-state index contributed by atoms with van der Waals surface area (Å²) in [6, 6.07) is 12.3. The third kappa shape index (κ3) is 9.32. The van der Waals surface area contributed by atoms with E-state index in [1.165, 1.54) is 15.3 Å². The first kappa shape index (κ1) is 23.1. The second-order valence-corrected chi connectivity index (χ2v) is 9.90. The molecule has 0 saturated carbocycles. The van der Waals surface area contributed by atoms with Gasteiger partial charge in [0.25, 0.3) is 0 Å². The lowest BCUT2D eigenvalue weighted by molar-refractivity contribution is 0.154. The van der Waals surface area contributed by atoms with Crippen LogP contribution < -0.4 is 10.5 Å². The Kier molecular flexibility index (Phi) is 8.68. The molecule has 0 amide bonds. The van der Waals surface area contributed by atoms with E-state index in [2.05, 4.69) is 23.6 Å². The first-order valence-corrected chi connectivity index (χ1v) is 11.7. The van der Waals surface area contributed by atoms with Gasteiger partial charge in [-0.05, 0) is 70.2 Å². The number of benzene rings is 1. The number of unbranched alkanes of at least 4 members (excludes halogenated alkanes) is 1. The van der Waals surface area contributed by atoms with Crippen LogP contribution in [0, 0.1) is 6.92 Å². The zero-order valence-electron chi connectivity index (χ0n) is 16.5. The predicted molar refractivity (Wildman–Crippen MR) is 113 cm³/mol. The van der Waals surface area contributed by atoms with Crippen molar-refractivity contribution in [2.75, 3.05) is 13.2 Å². The molecule has 0 aliphatic carbocycles. The van der Waals surface area contributed by atoms with Crippen molar-refractivity contribution in [3.63, 3.8) is 0 Å². The molecule has 1 aromatic heterocycles. The molecule has 0 fully saturated rings. The molecule has 28 heavy (non-hydrogen) atoms. The van der Waals surface area contributed by atoms with Crippen molar-refractivity contribution in [3.05, 3.63) is 51.7 Å². The van der Waals surface area contributed by atoms with Crippen molar-refractivity contribution in [2.24, 2.45) is 5.73 Å². The molecule has 0 radical (unpaired) electrons. The molecule has 0 aliphatic heterocycles.